The minimum Gasteiger partial charge on any atom is -0.0958 e. The summed E-state index contributed by atoms with van der Waals surface area (Å²) in [6, 6.07) is 23.1. The predicted octanol–water partition coefficient (Wildman–Crippen LogP) is 9.44. The second-order valence-corrected chi connectivity index (χ2v) is 10.3. The van der Waals surface area contributed by atoms with Crippen molar-refractivity contribution in [2.75, 3.05) is 0 Å². The molecule has 1 atom stereocenters. The van der Waals surface area contributed by atoms with Crippen LogP contribution in [0.3, 0.4) is 0 Å². The van der Waals surface area contributed by atoms with Gasteiger partial charge in [0.05, 0.1) is 5.41 Å². The van der Waals surface area contributed by atoms with Crippen LogP contribution < -0.4 is 0 Å². The van der Waals surface area contributed by atoms with Crippen molar-refractivity contribution in [1.82, 2.24) is 0 Å². The molecular formula is C36H34. The average Bonchev–Trinajstić information content (AvgIpc) is 3.38. The van der Waals surface area contributed by atoms with Crippen LogP contribution >= 0.6 is 0 Å². The van der Waals surface area contributed by atoms with E-state index in [1.165, 1.54) is 61.2 Å². The highest BCUT2D eigenvalue weighted by Crippen LogP contribution is 2.63. The quantitative estimate of drug-likeness (QED) is 0.317. The third-order valence-corrected chi connectivity index (χ3v) is 8.30. The second-order valence-electron chi connectivity index (χ2n) is 10.3. The molecule has 3 aromatic rings. The van der Waals surface area contributed by atoms with Crippen molar-refractivity contribution in [2.45, 2.75) is 51.4 Å². The van der Waals surface area contributed by atoms with E-state index in [2.05, 4.69) is 118 Å². The Kier molecular flexibility index (Phi) is 5.76. The number of hydrogen-bond acceptors (Lipinski definition) is 0. The highest BCUT2D eigenvalue weighted by atomic mass is 14.5. The van der Waals surface area contributed by atoms with Gasteiger partial charge in [0.1, 0.15) is 0 Å². The molecule has 0 aromatic heterocycles. The highest BCUT2D eigenvalue weighted by Gasteiger charge is 2.52. The number of fused-ring (bicyclic) bond motifs is 9. The van der Waals surface area contributed by atoms with Gasteiger partial charge in [-0.2, -0.15) is 0 Å². The summed E-state index contributed by atoms with van der Waals surface area (Å²) in [6.07, 6.45) is 18.9. The maximum Gasteiger partial charge on any atom is 0.0722 e. The van der Waals surface area contributed by atoms with E-state index < -0.39 is 0 Å². The Morgan fingerprint density at radius 3 is 2.47 bits per heavy atom. The minimum atomic E-state index is -0.198. The fraction of sp³-hybridized carbons (Fsp3) is 0.222. The van der Waals surface area contributed by atoms with Crippen LogP contribution in [-0.4, -0.2) is 0 Å². The van der Waals surface area contributed by atoms with Gasteiger partial charge in [0.25, 0.3) is 0 Å². The predicted molar refractivity (Wildman–Crippen MR) is 154 cm³/mol. The van der Waals surface area contributed by atoms with E-state index in [0.717, 1.165) is 32.1 Å². The molecular weight excluding hydrogens is 432 g/mol. The zero-order valence-corrected chi connectivity index (χ0v) is 21.5. The van der Waals surface area contributed by atoms with Crippen molar-refractivity contribution in [2.24, 2.45) is 0 Å². The maximum absolute atomic E-state index is 4.13. The van der Waals surface area contributed by atoms with Crippen molar-refractivity contribution >= 4 is 5.57 Å². The molecule has 0 saturated carbocycles. The SMILES string of the molecule is C=C(/C=C\C=C/Cc1ccc2c(c1C)-c1ccccc1C21C2=C(CCC=C2)c2ccccc21)CCC. The summed E-state index contributed by atoms with van der Waals surface area (Å²) < 4.78 is 0. The zero-order chi connectivity index (χ0) is 24.7. The third kappa shape index (κ3) is 3.28. The summed E-state index contributed by atoms with van der Waals surface area (Å²) in [7, 11) is 0. The Hall–Kier alpha value is -3.64. The zero-order valence-electron chi connectivity index (χ0n) is 21.5. The van der Waals surface area contributed by atoms with E-state index in [4.69, 9.17) is 0 Å². The lowest BCUT2D eigenvalue weighted by Crippen LogP contribution is -2.27. The molecule has 0 radical (unpaired) electrons. The Bertz CT molecular complexity index is 1490. The van der Waals surface area contributed by atoms with Gasteiger partial charge in [-0.3, -0.25) is 0 Å². The van der Waals surface area contributed by atoms with Gasteiger partial charge in [0.15, 0.2) is 0 Å². The molecule has 0 saturated heterocycles. The summed E-state index contributed by atoms with van der Waals surface area (Å²) in [5, 5.41) is 0. The first-order chi connectivity index (χ1) is 17.7. The van der Waals surface area contributed by atoms with E-state index in [-0.39, 0.29) is 5.41 Å². The van der Waals surface area contributed by atoms with Crippen LogP contribution in [0.4, 0.5) is 0 Å². The molecule has 0 amide bonds. The first-order valence-corrected chi connectivity index (χ1v) is 13.4. The van der Waals surface area contributed by atoms with Gasteiger partial charge >= 0.3 is 0 Å². The lowest BCUT2D eigenvalue weighted by atomic mass is 9.69. The molecule has 6 rings (SSSR count). The smallest absolute Gasteiger partial charge is 0.0722 e. The van der Waals surface area contributed by atoms with Crippen LogP contribution in [0.2, 0.25) is 0 Å². The number of allylic oxidation sites excluding steroid dienone is 9. The van der Waals surface area contributed by atoms with Crippen LogP contribution in [0.15, 0.2) is 115 Å². The van der Waals surface area contributed by atoms with Crippen molar-refractivity contribution in [3.8, 4) is 11.1 Å². The van der Waals surface area contributed by atoms with Crippen LogP contribution in [0, 0.1) is 6.92 Å². The van der Waals surface area contributed by atoms with Crippen LogP contribution in [0.5, 0.6) is 0 Å². The minimum absolute atomic E-state index is 0.198. The summed E-state index contributed by atoms with van der Waals surface area (Å²) in [5.41, 5.74) is 15.5. The van der Waals surface area contributed by atoms with E-state index in [1.54, 1.807) is 0 Å². The Balaban J connectivity index is 1.48. The van der Waals surface area contributed by atoms with Gasteiger partial charge in [-0.15, -0.1) is 0 Å². The molecule has 0 heterocycles. The lowest BCUT2D eigenvalue weighted by Gasteiger charge is -2.32. The van der Waals surface area contributed by atoms with Crippen molar-refractivity contribution in [3.05, 3.63) is 148 Å². The van der Waals surface area contributed by atoms with Gasteiger partial charge in [0.2, 0.25) is 0 Å². The molecule has 36 heavy (non-hydrogen) atoms. The molecule has 0 bridgehead atoms. The number of benzene rings is 3. The van der Waals surface area contributed by atoms with Gasteiger partial charge in [0, 0.05) is 0 Å². The van der Waals surface area contributed by atoms with E-state index in [9.17, 15) is 0 Å². The molecule has 0 nitrogen and oxygen atoms in total. The summed E-state index contributed by atoms with van der Waals surface area (Å²) >= 11 is 0. The second kappa shape index (κ2) is 9.10. The standard InChI is InChI=1S/C36H34/c1-4-14-25(2)15-6-5-7-16-27-23-24-34-35(26(27)3)30-19-10-13-22-33(30)36(34)31-20-11-8-17-28(31)29-18-9-12-21-32(29)36/h5-8,10-13,15,17,19-24H,2,4,9,14,16,18H2,1,3H3/b7-5-,15-6-. The molecule has 0 fully saturated rings. The summed E-state index contributed by atoms with van der Waals surface area (Å²) in [6.45, 7) is 8.64. The molecule has 0 heteroatoms. The highest BCUT2D eigenvalue weighted by molar-refractivity contribution is 5.96. The Morgan fingerprint density at radius 2 is 1.67 bits per heavy atom. The normalized spacial score (nSPS) is 19.3. The van der Waals surface area contributed by atoms with Gasteiger partial charge < -0.3 is 0 Å². The topological polar surface area (TPSA) is 0 Å². The van der Waals surface area contributed by atoms with E-state index in [1.807, 2.05) is 0 Å². The van der Waals surface area contributed by atoms with Crippen molar-refractivity contribution < 1.29 is 0 Å². The molecule has 3 aliphatic rings. The molecule has 3 aliphatic carbocycles. The first-order valence-electron chi connectivity index (χ1n) is 13.4. The fourth-order valence-electron chi connectivity index (χ4n) is 6.77. The van der Waals surface area contributed by atoms with Crippen LogP contribution in [0.1, 0.15) is 66.0 Å². The summed E-state index contributed by atoms with van der Waals surface area (Å²) in [5.74, 6) is 0. The van der Waals surface area contributed by atoms with Gasteiger partial charge in [-0.25, -0.2) is 0 Å². The molecule has 178 valence electrons. The monoisotopic (exact) mass is 466 g/mol. The molecule has 1 spiro atoms. The van der Waals surface area contributed by atoms with E-state index >= 15 is 0 Å². The molecule has 1 unspecified atom stereocenters. The molecule has 3 aromatic carbocycles. The number of rotatable bonds is 6. The molecule has 0 N–H and O–H groups in total. The Labute approximate surface area is 216 Å². The van der Waals surface area contributed by atoms with Gasteiger partial charge in [-0.05, 0) is 88.3 Å². The van der Waals surface area contributed by atoms with Gasteiger partial charge in [-0.1, -0.05) is 123 Å². The summed E-state index contributed by atoms with van der Waals surface area (Å²) in [4.78, 5) is 0. The average molecular weight is 467 g/mol. The largest absolute Gasteiger partial charge is 0.0958 e. The Morgan fingerprint density at radius 1 is 0.917 bits per heavy atom. The molecule has 0 aliphatic heterocycles. The van der Waals surface area contributed by atoms with Crippen LogP contribution in [0.25, 0.3) is 16.7 Å². The first kappa shape index (κ1) is 22.8. The van der Waals surface area contributed by atoms with Crippen molar-refractivity contribution in [3.63, 3.8) is 0 Å². The van der Waals surface area contributed by atoms with E-state index in [0.29, 0.717) is 0 Å². The fourth-order valence-corrected chi connectivity index (χ4v) is 6.77. The van der Waals surface area contributed by atoms with Crippen molar-refractivity contribution in [1.29, 1.82) is 0 Å². The van der Waals surface area contributed by atoms with Crippen LogP contribution in [-0.2, 0) is 11.8 Å². The maximum atomic E-state index is 4.13. The lowest BCUT2D eigenvalue weighted by molar-refractivity contribution is 0.779. The third-order valence-electron chi connectivity index (χ3n) is 8.30. The number of hydrogen-bond donors (Lipinski definition) is 0.